The number of rotatable bonds is 2. The Morgan fingerprint density at radius 1 is 1.57 bits per heavy atom. The lowest BCUT2D eigenvalue weighted by atomic mass is 10.2. The zero-order valence-corrected chi connectivity index (χ0v) is 7.90. The van der Waals surface area contributed by atoms with Crippen LogP contribution in [0.5, 0.6) is 0 Å². The second-order valence-corrected chi connectivity index (χ2v) is 3.34. The summed E-state index contributed by atoms with van der Waals surface area (Å²) in [5, 5.41) is 9.22. The first kappa shape index (κ1) is 9.02. The molecule has 14 heavy (non-hydrogen) atoms. The van der Waals surface area contributed by atoms with Crippen molar-refractivity contribution in [2.45, 2.75) is 6.42 Å². The molecule has 0 aromatic carbocycles. The van der Waals surface area contributed by atoms with Crippen LogP contribution in [0.1, 0.15) is 5.69 Å². The molecule has 2 aromatic heterocycles. The van der Waals surface area contributed by atoms with Crippen LogP contribution in [0.3, 0.4) is 0 Å². The van der Waals surface area contributed by atoms with Crippen molar-refractivity contribution in [1.29, 1.82) is 0 Å². The van der Waals surface area contributed by atoms with E-state index in [9.17, 15) is 4.79 Å². The predicted molar refractivity (Wildman–Crippen MR) is 51.5 cm³/mol. The van der Waals surface area contributed by atoms with Crippen LogP contribution in [0.15, 0.2) is 24.7 Å². The molecule has 0 spiro atoms. The molecule has 0 amide bonds. The van der Waals surface area contributed by atoms with Gasteiger partial charge < -0.3 is 9.51 Å². The third kappa shape index (κ3) is 1.56. The lowest BCUT2D eigenvalue weighted by molar-refractivity contribution is -0.136. The summed E-state index contributed by atoms with van der Waals surface area (Å²) in [4.78, 5) is 14.5. The molecule has 2 heterocycles. The monoisotopic (exact) mass is 210 g/mol. The highest BCUT2D eigenvalue weighted by Crippen LogP contribution is 2.14. The van der Waals surface area contributed by atoms with Crippen molar-refractivity contribution in [3.8, 4) is 0 Å². The molecular formula is C9H7ClN2O2. The Balaban J connectivity index is 2.52. The minimum atomic E-state index is -0.888. The number of pyridine rings is 1. The molecule has 0 saturated heterocycles. The molecule has 0 saturated carbocycles. The molecule has 0 radical (unpaired) electrons. The van der Waals surface area contributed by atoms with Crippen molar-refractivity contribution in [2.75, 3.05) is 0 Å². The maximum atomic E-state index is 10.5. The van der Waals surface area contributed by atoms with Gasteiger partial charge in [0.1, 0.15) is 0 Å². The molecule has 0 atom stereocenters. The molecule has 4 nitrogen and oxygen atoms in total. The van der Waals surface area contributed by atoms with E-state index >= 15 is 0 Å². The van der Waals surface area contributed by atoms with E-state index in [1.165, 1.54) is 0 Å². The Hall–Kier alpha value is -1.55. The third-order valence-corrected chi connectivity index (χ3v) is 2.12. The van der Waals surface area contributed by atoms with Gasteiger partial charge in [0.05, 0.1) is 29.0 Å². The highest BCUT2D eigenvalue weighted by Gasteiger charge is 2.07. The molecule has 2 aromatic rings. The van der Waals surface area contributed by atoms with Gasteiger partial charge in [0.15, 0.2) is 0 Å². The molecular weight excluding hydrogens is 204 g/mol. The predicted octanol–water partition coefficient (Wildman–Crippen LogP) is 1.61. The van der Waals surface area contributed by atoms with Gasteiger partial charge in [-0.15, -0.1) is 0 Å². The summed E-state index contributed by atoms with van der Waals surface area (Å²) in [5.41, 5.74) is 1.32. The van der Waals surface area contributed by atoms with Crippen molar-refractivity contribution in [3.05, 3.63) is 35.4 Å². The van der Waals surface area contributed by atoms with Crippen molar-refractivity contribution < 1.29 is 9.90 Å². The van der Waals surface area contributed by atoms with Crippen LogP contribution in [0, 0.1) is 0 Å². The number of carboxylic acid groups (broad SMARTS) is 1. The molecule has 0 aliphatic heterocycles. The normalized spacial score (nSPS) is 10.6. The zero-order chi connectivity index (χ0) is 10.1. The Bertz CT molecular complexity index is 493. The van der Waals surface area contributed by atoms with E-state index in [4.69, 9.17) is 16.7 Å². The van der Waals surface area contributed by atoms with E-state index < -0.39 is 5.97 Å². The molecule has 5 heteroatoms. The number of carboxylic acids is 1. The van der Waals surface area contributed by atoms with E-state index in [0.717, 1.165) is 5.52 Å². The molecule has 0 aliphatic carbocycles. The van der Waals surface area contributed by atoms with Gasteiger partial charge in [-0.2, -0.15) is 0 Å². The van der Waals surface area contributed by atoms with Crippen molar-refractivity contribution in [3.63, 3.8) is 0 Å². The standard InChI is InChI=1S/C9H7ClN2O2/c10-6-1-2-8-7(3-9(13)14)11-5-12(8)4-6/h1-2,4-5H,3H2,(H,13,14). The molecule has 0 aliphatic rings. The fourth-order valence-electron chi connectivity index (χ4n) is 1.31. The maximum absolute atomic E-state index is 10.5. The topological polar surface area (TPSA) is 54.6 Å². The SMILES string of the molecule is O=C(O)Cc1ncn2cc(Cl)ccc12. The minimum absolute atomic E-state index is 0.0713. The van der Waals surface area contributed by atoms with Gasteiger partial charge in [0.2, 0.25) is 0 Å². The first-order valence-electron chi connectivity index (χ1n) is 3.99. The fraction of sp³-hybridized carbons (Fsp3) is 0.111. The van der Waals surface area contributed by atoms with E-state index in [2.05, 4.69) is 4.98 Å². The molecule has 0 fully saturated rings. The zero-order valence-electron chi connectivity index (χ0n) is 7.14. The van der Waals surface area contributed by atoms with Gasteiger partial charge in [-0.3, -0.25) is 4.79 Å². The molecule has 0 bridgehead atoms. The van der Waals surface area contributed by atoms with Crippen LogP contribution < -0.4 is 0 Å². The summed E-state index contributed by atoms with van der Waals surface area (Å²) in [5.74, 6) is -0.888. The van der Waals surface area contributed by atoms with E-state index in [-0.39, 0.29) is 6.42 Å². The molecule has 72 valence electrons. The number of carbonyl (C=O) groups is 1. The summed E-state index contributed by atoms with van der Waals surface area (Å²) < 4.78 is 1.71. The lowest BCUT2D eigenvalue weighted by Crippen LogP contribution is -2.00. The van der Waals surface area contributed by atoms with Crippen molar-refractivity contribution >= 4 is 23.1 Å². The van der Waals surface area contributed by atoms with Gasteiger partial charge in [-0.05, 0) is 12.1 Å². The van der Waals surface area contributed by atoms with Crippen LogP contribution in [0.2, 0.25) is 5.02 Å². The Kier molecular flexibility index (Phi) is 2.13. The van der Waals surface area contributed by atoms with Crippen molar-refractivity contribution in [1.82, 2.24) is 9.38 Å². The Morgan fingerprint density at radius 2 is 2.36 bits per heavy atom. The summed E-state index contributed by atoms with van der Waals surface area (Å²) >= 11 is 5.77. The Labute approximate surface area is 84.8 Å². The minimum Gasteiger partial charge on any atom is -0.481 e. The van der Waals surface area contributed by atoms with Gasteiger partial charge in [0, 0.05) is 6.20 Å². The number of fused-ring (bicyclic) bond motifs is 1. The number of nitrogens with zero attached hydrogens (tertiary/aromatic N) is 2. The van der Waals surface area contributed by atoms with E-state index in [1.807, 2.05) is 0 Å². The number of hydrogen-bond donors (Lipinski definition) is 1. The van der Waals surface area contributed by atoms with Crippen LogP contribution in [0.25, 0.3) is 5.52 Å². The van der Waals surface area contributed by atoms with Gasteiger partial charge in [-0.1, -0.05) is 11.6 Å². The van der Waals surface area contributed by atoms with E-state index in [1.54, 1.807) is 29.1 Å². The second kappa shape index (κ2) is 3.31. The molecule has 2 rings (SSSR count). The number of aromatic nitrogens is 2. The van der Waals surface area contributed by atoms with E-state index in [0.29, 0.717) is 10.7 Å². The van der Waals surface area contributed by atoms with Crippen LogP contribution in [-0.4, -0.2) is 20.5 Å². The summed E-state index contributed by atoms with van der Waals surface area (Å²) in [6.45, 7) is 0. The van der Waals surface area contributed by atoms with Crippen LogP contribution in [0.4, 0.5) is 0 Å². The average molecular weight is 211 g/mol. The Morgan fingerprint density at radius 3 is 3.07 bits per heavy atom. The summed E-state index contributed by atoms with van der Waals surface area (Å²) in [6.07, 6.45) is 3.17. The number of halogens is 1. The summed E-state index contributed by atoms with van der Waals surface area (Å²) in [7, 11) is 0. The van der Waals surface area contributed by atoms with Gasteiger partial charge >= 0.3 is 5.97 Å². The average Bonchev–Trinajstić information content (AvgIpc) is 2.47. The van der Waals surface area contributed by atoms with Gasteiger partial charge in [0.25, 0.3) is 0 Å². The van der Waals surface area contributed by atoms with Crippen LogP contribution >= 0.6 is 11.6 Å². The molecule has 1 N–H and O–H groups in total. The fourth-order valence-corrected chi connectivity index (χ4v) is 1.48. The van der Waals surface area contributed by atoms with Crippen LogP contribution in [-0.2, 0) is 11.2 Å². The highest BCUT2D eigenvalue weighted by atomic mass is 35.5. The lowest BCUT2D eigenvalue weighted by Gasteiger charge is -1.95. The quantitative estimate of drug-likeness (QED) is 0.820. The third-order valence-electron chi connectivity index (χ3n) is 1.89. The first-order chi connectivity index (χ1) is 6.66. The number of imidazole rings is 1. The first-order valence-corrected chi connectivity index (χ1v) is 4.37. The second-order valence-electron chi connectivity index (χ2n) is 2.90. The molecule has 0 unspecified atom stereocenters. The number of hydrogen-bond acceptors (Lipinski definition) is 2. The summed E-state index contributed by atoms with van der Waals surface area (Å²) in [6, 6.07) is 3.47. The maximum Gasteiger partial charge on any atom is 0.309 e. The largest absolute Gasteiger partial charge is 0.481 e. The van der Waals surface area contributed by atoms with Crippen molar-refractivity contribution in [2.24, 2.45) is 0 Å². The highest BCUT2D eigenvalue weighted by molar-refractivity contribution is 6.30. The number of aliphatic carboxylic acids is 1. The smallest absolute Gasteiger partial charge is 0.309 e. The van der Waals surface area contributed by atoms with Gasteiger partial charge in [-0.25, -0.2) is 4.98 Å².